The predicted octanol–water partition coefficient (Wildman–Crippen LogP) is 2.04. The number of aromatic nitrogens is 1. The van der Waals surface area contributed by atoms with Crippen molar-refractivity contribution in [1.82, 2.24) is 14.9 Å². The third-order valence-corrected chi connectivity index (χ3v) is 8.45. The van der Waals surface area contributed by atoms with E-state index >= 15 is 0 Å². The van der Waals surface area contributed by atoms with Gasteiger partial charge in [-0.05, 0) is 36.8 Å². The number of likely N-dealkylation sites (tertiary alicyclic amines) is 1. The number of carbonyl (C=O) groups excluding carboxylic acids is 2. The van der Waals surface area contributed by atoms with Gasteiger partial charge in [-0.15, -0.1) is 0 Å². The highest BCUT2D eigenvalue weighted by atomic mass is 32.2. The van der Waals surface area contributed by atoms with Crippen molar-refractivity contribution in [1.29, 1.82) is 0 Å². The lowest BCUT2D eigenvalue weighted by Crippen LogP contribution is -2.46. The van der Waals surface area contributed by atoms with Crippen LogP contribution in [-0.2, 0) is 19.4 Å². The van der Waals surface area contributed by atoms with Crippen LogP contribution in [0, 0.1) is 0 Å². The van der Waals surface area contributed by atoms with E-state index in [9.17, 15) is 18.0 Å². The number of aromatic amines is 1. The van der Waals surface area contributed by atoms with Crippen molar-refractivity contribution in [2.24, 2.45) is 5.10 Å². The molecule has 8 nitrogen and oxygen atoms in total. The number of sulfone groups is 1. The zero-order chi connectivity index (χ0) is 21.6. The molecule has 3 aliphatic heterocycles. The van der Waals surface area contributed by atoms with Crippen LogP contribution >= 0.6 is 0 Å². The number of H-pyrrole nitrogens is 1. The molecule has 0 saturated carbocycles. The van der Waals surface area contributed by atoms with Gasteiger partial charge in [0.2, 0.25) is 5.91 Å². The Labute approximate surface area is 181 Å². The first-order valence-corrected chi connectivity index (χ1v) is 12.7. The molecular formula is C22H26N4O4S. The first-order chi connectivity index (χ1) is 14.9. The van der Waals surface area contributed by atoms with E-state index in [0.717, 1.165) is 18.4 Å². The minimum absolute atomic E-state index is 0.0697. The molecule has 1 aromatic heterocycles. The highest BCUT2D eigenvalue weighted by molar-refractivity contribution is 7.91. The minimum Gasteiger partial charge on any atom is -0.361 e. The number of carbonyl (C=O) groups is 2. The number of fused-ring (bicyclic) bond motifs is 1. The molecule has 1 N–H and O–H groups in total. The van der Waals surface area contributed by atoms with Gasteiger partial charge in [0.05, 0.1) is 17.5 Å². The summed E-state index contributed by atoms with van der Waals surface area (Å²) in [6.45, 7) is 1.29. The quantitative estimate of drug-likeness (QED) is 0.786. The summed E-state index contributed by atoms with van der Waals surface area (Å²) in [6.07, 6.45) is 4.74. The van der Waals surface area contributed by atoms with Crippen molar-refractivity contribution in [3.8, 4) is 0 Å². The van der Waals surface area contributed by atoms with Crippen LogP contribution in [0.3, 0.4) is 0 Å². The largest absolute Gasteiger partial charge is 0.361 e. The molecule has 2 amide bonds. The lowest BCUT2D eigenvalue weighted by molar-refractivity contribution is -0.134. The van der Waals surface area contributed by atoms with Crippen LogP contribution in [0.4, 0.5) is 0 Å². The monoisotopic (exact) mass is 442 g/mol. The van der Waals surface area contributed by atoms with Crippen molar-refractivity contribution in [2.75, 3.05) is 24.6 Å². The Hall–Kier alpha value is -2.68. The molecule has 164 valence electrons. The third-order valence-electron chi connectivity index (χ3n) is 6.70. The number of nitrogens with zero attached hydrogens (tertiary/aromatic N) is 3. The number of para-hydroxylation sites is 1. The van der Waals surface area contributed by atoms with Gasteiger partial charge >= 0.3 is 0 Å². The molecule has 3 aliphatic rings. The number of hydrogen-bond donors (Lipinski definition) is 1. The van der Waals surface area contributed by atoms with Gasteiger partial charge in [-0.1, -0.05) is 18.2 Å². The van der Waals surface area contributed by atoms with Crippen molar-refractivity contribution >= 4 is 38.3 Å². The second kappa shape index (κ2) is 7.78. The molecular weight excluding hydrogens is 416 g/mol. The predicted molar refractivity (Wildman–Crippen MR) is 117 cm³/mol. The molecule has 9 heteroatoms. The van der Waals surface area contributed by atoms with Crippen molar-refractivity contribution in [3.63, 3.8) is 0 Å². The van der Waals surface area contributed by atoms with E-state index in [-0.39, 0.29) is 29.7 Å². The average Bonchev–Trinajstić information content (AvgIpc) is 3.37. The maximum Gasteiger partial charge on any atom is 0.270 e. The molecule has 5 rings (SSSR count). The maximum atomic E-state index is 13.1. The fourth-order valence-corrected chi connectivity index (χ4v) is 6.68. The van der Waals surface area contributed by atoms with E-state index in [1.54, 1.807) is 0 Å². The summed E-state index contributed by atoms with van der Waals surface area (Å²) < 4.78 is 23.6. The van der Waals surface area contributed by atoms with Crippen LogP contribution in [0.25, 0.3) is 10.9 Å². The Kier molecular flexibility index (Phi) is 5.08. The smallest absolute Gasteiger partial charge is 0.270 e. The van der Waals surface area contributed by atoms with Crippen LogP contribution in [0.1, 0.15) is 43.6 Å². The molecule has 4 heterocycles. The third kappa shape index (κ3) is 3.86. The van der Waals surface area contributed by atoms with E-state index in [0.29, 0.717) is 37.6 Å². The molecule has 0 bridgehead atoms. The Morgan fingerprint density at radius 1 is 1.10 bits per heavy atom. The molecule has 31 heavy (non-hydrogen) atoms. The van der Waals surface area contributed by atoms with Crippen LogP contribution < -0.4 is 0 Å². The Morgan fingerprint density at radius 3 is 2.61 bits per heavy atom. The summed E-state index contributed by atoms with van der Waals surface area (Å²) in [5, 5.41) is 6.84. The average molecular weight is 443 g/mol. The second-order valence-corrected chi connectivity index (χ2v) is 10.9. The van der Waals surface area contributed by atoms with Crippen LogP contribution in [0.15, 0.2) is 35.6 Å². The summed E-state index contributed by atoms with van der Waals surface area (Å²) in [5.74, 6) is 0.0732. The van der Waals surface area contributed by atoms with Gasteiger partial charge in [-0.3, -0.25) is 9.59 Å². The van der Waals surface area contributed by atoms with Gasteiger partial charge in [0.1, 0.15) is 5.71 Å². The SMILES string of the molecule is O=C(C1=NN([C@@H]2CCS(=O)(=O)C2)C(=O)CC1)N1CCC(c2c[nH]c3ccccc23)CC1. The highest BCUT2D eigenvalue weighted by Gasteiger charge is 2.38. The van der Waals surface area contributed by atoms with E-state index in [1.165, 1.54) is 16.0 Å². The number of benzene rings is 1. The van der Waals surface area contributed by atoms with E-state index < -0.39 is 15.9 Å². The topological polar surface area (TPSA) is 103 Å². The molecule has 2 saturated heterocycles. The Morgan fingerprint density at radius 2 is 1.87 bits per heavy atom. The van der Waals surface area contributed by atoms with Gasteiger partial charge in [0.25, 0.3) is 5.91 Å². The summed E-state index contributed by atoms with van der Waals surface area (Å²) in [6, 6.07) is 7.81. The second-order valence-electron chi connectivity index (χ2n) is 8.70. The summed E-state index contributed by atoms with van der Waals surface area (Å²) in [4.78, 5) is 30.6. The summed E-state index contributed by atoms with van der Waals surface area (Å²) in [5.41, 5.74) is 2.80. The van der Waals surface area contributed by atoms with Crippen LogP contribution in [0.5, 0.6) is 0 Å². The van der Waals surface area contributed by atoms with Gasteiger partial charge in [0, 0.05) is 43.0 Å². The number of piperidine rings is 1. The number of hydrazone groups is 1. The zero-order valence-electron chi connectivity index (χ0n) is 17.3. The van der Waals surface area contributed by atoms with E-state index in [2.05, 4.69) is 28.4 Å². The number of amides is 2. The molecule has 1 aromatic carbocycles. The normalized spacial score (nSPS) is 24.6. The van der Waals surface area contributed by atoms with E-state index in [4.69, 9.17) is 0 Å². The minimum atomic E-state index is -3.13. The lowest BCUT2D eigenvalue weighted by atomic mass is 9.89. The molecule has 0 spiro atoms. The number of rotatable bonds is 3. The summed E-state index contributed by atoms with van der Waals surface area (Å²) >= 11 is 0. The van der Waals surface area contributed by atoms with Gasteiger partial charge in [-0.25, -0.2) is 13.4 Å². The molecule has 0 unspecified atom stereocenters. The molecule has 2 aromatic rings. The first-order valence-electron chi connectivity index (χ1n) is 10.9. The standard InChI is InChI=1S/C22H26N4O4S/c27-21-6-5-20(24-26(21)16-9-12-31(29,30)14-16)22(28)25-10-7-15(8-11-25)18-13-23-19-4-2-1-3-17(18)19/h1-4,13,15-16,23H,5-12,14H2/t16-/m1/s1. The Balaban J connectivity index is 1.27. The molecule has 2 fully saturated rings. The number of nitrogens with one attached hydrogen (secondary N) is 1. The van der Waals surface area contributed by atoms with Gasteiger partial charge < -0.3 is 9.88 Å². The maximum absolute atomic E-state index is 13.1. The molecule has 1 atom stereocenters. The van der Waals surface area contributed by atoms with E-state index in [1.807, 2.05) is 17.0 Å². The fourth-order valence-electron chi connectivity index (χ4n) is 4.99. The van der Waals surface area contributed by atoms with Crippen molar-refractivity contribution < 1.29 is 18.0 Å². The van der Waals surface area contributed by atoms with Crippen LogP contribution in [0.2, 0.25) is 0 Å². The van der Waals surface area contributed by atoms with Crippen LogP contribution in [-0.4, -0.2) is 71.5 Å². The zero-order valence-corrected chi connectivity index (χ0v) is 18.1. The Bertz CT molecular complexity index is 1160. The lowest BCUT2D eigenvalue weighted by Gasteiger charge is -2.34. The number of hydrogen-bond acceptors (Lipinski definition) is 5. The van der Waals surface area contributed by atoms with Crippen molar-refractivity contribution in [3.05, 3.63) is 36.0 Å². The van der Waals surface area contributed by atoms with Gasteiger partial charge in [0.15, 0.2) is 9.84 Å². The van der Waals surface area contributed by atoms with Gasteiger partial charge in [-0.2, -0.15) is 5.10 Å². The highest BCUT2D eigenvalue weighted by Crippen LogP contribution is 2.33. The molecule has 0 radical (unpaired) electrons. The van der Waals surface area contributed by atoms with Crippen molar-refractivity contribution in [2.45, 2.75) is 44.1 Å². The first kappa shape index (κ1) is 20.2. The summed E-state index contributed by atoms with van der Waals surface area (Å²) in [7, 11) is -3.13. The molecule has 0 aliphatic carbocycles. The fraction of sp³-hybridized carbons (Fsp3) is 0.500.